The van der Waals surface area contributed by atoms with Crippen molar-refractivity contribution in [1.29, 1.82) is 0 Å². The molecule has 0 bridgehead atoms. The van der Waals surface area contributed by atoms with Gasteiger partial charge in [0.05, 0.1) is 25.5 Å². The summed E-state index contributed by atoms with van der Waals surface area (Å²) in [6.07, 6.45) is 0. The van der Waals surface area contributed by atoms with Crippen molar-refractivity contribution in [2.75, 3.05) is 19.5 Å². The number of carbonyl (C=O) groups is 1. The molecule has 0 spiro atoms. The molecule has 7 heteroatoms. The van der Waals surface area contributed by atoms with E-state index in [1.54, 1.807) is 37.1 Å². The van der Waals surface area contributed by atoms with E-state index >= 15 is 0 Å². The number of amides is 1. The minimum absolute atomic E-state index is 0.271. The molecule has 3 aromatic rings. The maximum Gasteiger partial charge on any atom is 0.261 e. The van der Waals surface area contributed by atoms with Gasteiger partial charge in [-0.3, -0.25) is 10.1 Å². The maximum atomic E-state index is 12.7. The Labute approximate surface area is 159 Å². The smallest absolute Gasteiger partial charge is 0.261 e. The van der Waals surface area contributed by atoms with E-state index in [1.165, 1.54) is 28.2 Å². The summed E-state index contributed by atoms with van der Waals surface area (Å²) in [5, 5.41) is 3.48. The number of aromatic nitrogens is 1. The summed E-state index contributed by atoms with van der Waals surface area (Å²) in [5.74, 6) is 1.68. The highest BCUT2D eigenvalue weighted by atomic mass is 32.2. The molecular weight excluding hydrogens is 368 g/mol. The number of rotatable bonds is 4. The van der Waals surface area contributed by atoms with Crippen LogP contribution in [-0.4, -0.2) is 25.1 Å². The van der Waals surface area contributed by atoms with Crippen LogP contribution < -0.4 is 14.8 Å². The topological polar surface area (TPSA) is 60.5 Å². The first-order valence-electron chi connectivity index (χ1n) is 7.95. The van der Waals surface area contributed by atoms with E-state index in [-0.39, 0.29) is 5.91 Å². The zero-order valence-electron chi connectivity index (χ0n) is 14.2. The highest BCUT2D eigenvalue weighted by molar-refractivity contribution is 7.98. The van der Waals surface area contributed by atoms with Gasteiger partial charge >= 0.3 is 0 Å². The molecule has 0 unspecified atom stereocenters. The van der Waals surface area contributed by atoms with Crippen LogP contribution in [0.25, 0.3) is 11.3 Å². The summed E-state index contributed by atoms with van der Waals surface area (Å²) in [6, 6.07) is 13.3. The molecule has 5 nitrogen and oxygen atoms in total. The van der Waals surface area contributed by atoms with Gasteiger partial charge in [0.15, 0.2) is 5.13 Å². The van der Waals surface area contributed by atoms with Crippen LogP contribution in [0.3, 0.4) is 0 Å². The van der Waals surface area contributed by atoms with Gasteiger partial charge in [0.1, 0.15) is 11.5 Å². The van der Waals surface area contributed by atoms with Crippen molar-refractivity contribution in [3.8, 4) is 22.8 Å². The molecule has 1 amide bonds. The minimum Gasteiger partial charge on any atom is -0.497 e. The number of thioether (sulfide) groups is 1. The van der Waals surface area contributed by atoms with Gasteiger partial charge in [-0.2, -0.15) is 0 Å². The molecule has 1 aliphatic rings. The molecule has 26 heavy (non-hydrogen) atoms. The van der Waals surface area contributed by atoms with Gasteiger partial charge in [-0.05, 0) is 24.3 Å². The monoisotopic (exact) mass is 384 g/mol. The molecule has 0 aliphatic carbocycles. The van der Waals surface area contributed by atoms with Crippen molar-refractivity contribution in [2.45, 2.75) is 10.6 Å². The van der Waals surface area contributed by atoms with Crippen molar-refractivity contribution in [3.63, 3.8) is 0 Å². The molecule has 1 aromatic heterocycles. The number of nitrogens with zero attached hydrogens (tertiary/aromatic N) is 1. The lowest BCUT2D eigenvalue weighted by Crippen LogP contribution is -2.13. The Morgan fingerprint density at radius 2 is 2.00 bits per heavy atom. The fraction of sp³-hybridized carbons (Fsp3) is 0.158. The Morgan fingerprint density at radius 3 is 2.81 bits per heavy atom. The summed E-state index contributed by atoms with van der Waals surface area (Å²) >= 11 is 3.30. The molecule has 0 saturated heterocycles. The van der Waals surface area contributed by atoms with E-state index in [0.29, 0.717) is 22.2 Å². The first-order chi connectivity index (χ1) is 12.7. The Balaban J connectivity index is 1.64. The highest BCUT2D eigenvalue weighted by Gasteiger charge is 2.22. The van der Waals surface area contributed by atoms with Gasteiger partial charge in [0.2, 0.25) is 0 Å². The average Bonchev–Trinajstić information content (AvgIpc) is 3.10. The van der Waals surface area contributed by atoms with E-state index in [1.807, 2.05) is 12.1 Å². The van der Waals surface area contributed by atoms with Crippen LogP contribution in [0.1, 0.15) is 15.2 Å². The number of methoxy groups -OCH3 is 2. The highest BCUT2D eigenvalue weighted by Crippen LogP contribution is 2.44. The van der Waals surface area contributed by atoms with Crippen LogP contribution >= 0.6 is 23.1 Å². The van der Waals surface area contributed by atoms with Crippen molar-refractivity contribution in [2.24, 2.45) is 0 Å². The van der Waals surface area contributed by atoms with Gasteiger partial charge in [0, 0.05) is 21.1 Å². The molecule has 2 heterocycles. The quantitative estimate of drug-likeness (QED) is 0.707. The largest absolute Gasteiger partial charge is 0.497 e. The number of fused-ring (bicyclic) bond motifs is 3. The van der Waals surface area contributed by atoms with Crippen molar-refractivity contribution < 1.29 is 14.3 Å². The molecule has 1 aliphatic heterocycles. The lowest BCUT2D eigenvalue weighted by atomic mass is 10.1. The standard InChI is InChI=1S/C19H16N2O3S2/c1-23-11-7-8-14(24-2)13(9-11)18(22)21-19-20-17-12-5-3-4-6-15(12)25-10-16(17)26-19/h3-9H,10H2,1-2H3,(H,20,21,22). The second kappa shape index (κ2) is 7.01. The van der Waals surface area contributed by atoms with E-state index < -0.39 is 0 Å². The van der Waals surface area contributed by atoms with Crippen LogP contribution in [-0.2, 0) is 5.75 Å². The fourth-order valence-corrected chi connectivity index (χ4v) is 4.90. The zero-order chi connectivity index (χ0) is 18.1. The van der Waals surface area contributed by atoms with Gasteiger partial charge in [-0.1, -0.05) is 18.2 Å². The Bertz CT molecular complexity index is 985. The summed E-state index contributed by atoms with van der Waals surface area (Å²) in [4.78, 5) is 19.8. The second-order valence-electron chi connectivity index (χ2n) is 5.60. The predicted octanol–water partition coefficient (Wildman–Crippen LogP) is 4.69. The van der Waals surface area contributed by atoms with Crippen molar-refractivity contribution >= 4 is 34.1 Å². The lowest BCUT2D eigenvalue weighted by molar-refractivity contribution is 0.102. The summed E-state index contributed by atoms with van der Waals surface area (Å²) in [6.45, 7) is 0. The Kier molecular flexibility index (Phi) is 4.57. The number of benzene rings is 2. The van der Waals surface area contributed by atoms with Gasteiger partial charge in [0.25, 0.3) is 5.91 Å². The third kappa shape index (κ3) is 3.04. The number of anilines is 1. The van der Waals surface area contributed by atoms with Crippen LogP contribution in [0.15, 0.2) is 47.4 Å². The summed E-state index contributed by atoms with van der Waals surface area (Å²) in [7, 11) is 3.10. The SMILES string of the molecule is COc1ccc(OC)c(C(=O)Nc2nc3c(s2)CSc2ccccc2-3)c1. The first-order valence-corrected chi connectivity index (χ1v) is 9.75. The van der Waals surface area contributed by atoms with Gasteiger partial charge in [-0.15, -0.1) is 23.1 Å². The minimum atomic E-state index is -0.271. The average molecular weight is 384 g/mol. The van der Waals surface area contributed by atoms with E-state index in [2.05, 4.69) is 22.4 Å². The predicted molar refractivity (Wildman–Crippen MR) is 105 cm³/mol. The number of nitrogens with one attached hydrogen (secondary N) is 1. The number of ether oxygens (including phenoxy) is 2. The maximum absolute atomic E-state index is 12.7. The molecular formula is C19H16N2O3S2. The summed E-state index contributed by atoms with van der Waals surface area (Å²) < 4.78 is 10.5. The Morgan fingerprint density at radius 1 is 1.15 bits per heavy atom. The third-order valence-electron chi connectivity index (χ3n) is 4.07. The first kappa shape index (κ1) is 16.9. The fourth-order valence-electron chi connectivity index (χ4n) is 2.80. The van der Waals surface area contributed by atoms with E-state index in [0.717, 1.165) is 17.0 Å². The van der Waals surface area contributed by atoms with E-state index in [4.69, 9.17) is 9.47 Å². The van der Waals surface area contributed by atoms with Crippen molar-refractivity contribution in [1.82, 2.24) is 4.98 Å². The second-order valence-corrected chi connectivity index (χ2v) is 7.70. The number of hydrogen-bond donors (Lipinski definition) is 1. The molecule has 1 N–H and O–H groups in total. The molecule has 0 radical (unpaired) electrons. The molecule has 0 saturated carbocycles. The van der Waals surface area contributed by atoms with Crippen LogP contribution in [0.2, 0.25) is 0 Å². The van der Waals surface area contributed by atoms with Crippen LogP contribution in [0, 0.1) is 0 Å². The van der Waals surface area contributed by atoms with Gasteiger partial charge < -0.3 is 9.47 Å². The third-order valence-corrected chi connectivity index (χ3v) is 6.32. The number of thiazole rings is 1. The molecule has 132 valence electrons. The van der Waals surface area contributed by atoms with Crippen LogP contribution in [0.5, 0.6) is 11.5 Å². The van der Waals surface area contributed by atoms with Gasteiger partial charge in [-0.25, -0.2) is 4.98 Å². The lowest BCUT2D eigenvalue weighted by Gasteiger charge is -2.13. The molecule has 4 rings (SSSR count). The van der Waals surface area contributed by atoms with E-state index in [9.17, 15) is 4.79 Å². The molecule has 2 aromatic carbocycles. The number of hydrogen-bond acceptors (Lipinski definition) is 6. The van der Waals surface area contributed by atoms with Crippen molar-refractivity contribution in [3.05, 3.63) is 52.9 Å². The summed E-state index contributed by atoms with van der Waals surface area (Å²) in [5.41, 5.74) is 2.49. The molecule has 0 fully saturated rings. The normalized spacial score (nSPS) is 12.1. The number of carbonyl (C=O) groups excluding carboxylic acids is 1. The van der Waals surface area contributed by atoms with Crippen LogP contribution in [0.4, 0.5) is 5.13 Å². The Hall–Kier alpha value is -2.51. The molecule has 0 atom stereocenters. The zero-order valence-corrected chi connectivity index (χ0v) is 15.9.